The molecule has 3 amide bonds. The van der Waals surface area contributed by atoms with Crippen molar-refractivity contribution in [1.82, 2.24) is 16.0 Å². The van der Waals surface area contributed by atoms with Crippen molar-refractivity contribution in [2.24, 2.45) is 11.5 Å². The monoisotopic (exact) mass is 363 g/mol. The van der Waals surface area contributed by atoms with Gasteiger partial charge in [0, 0.05) is 5.75 Å². The normalized spacial score (nSPS) is 12.8. The molecule has 0 aromatic heterocycles. The molecule has 2 unspecified atom stereocenters. The molecule has 0 saturated carbocycles. The number of unbranched alkanes of at least 4 members (excludes halogenated alkanes) is 1. The predicted molar refractivity (Wildman–Crippen MR) is 90.3 cm³/mol. The van der Waals surface area contributed by atoms with E-state index in [9.17, 15) is 19.2 Å². The van der Waals surface area contributed by atoms with Crippen molar-refractivity contribution < 1.29 is 24.3 Å². The molecule has 0 bridgehead atoms. The fourth-order valence-corrected chi connectivity index (χ4v) is 2.02. The highest BCUT2D eigenvalue weighted by molar-refractivity contribution is 7.80. The van der Waals surface area contributed by atoms with Gasteiger partial charge in [-0.25, -0.2) is 0 Å². The first-order chi connectivity index (χ1) is 11.3. The summed E-state index contributed by atoms with van der Waals surface area (Å²) in [4.78, 5) is 46.0. The molecule has 0 aliphatic heterocycles. The van der Waals surface area contributed by atoms with Crippen LogP contribution in [-0.4, -0.2) is 66.3 Å². The Bertz CT molecular complexity index is 448. The average Bonchev–Trinajstić information content (AvgIpc) is 2.56. The molecular weight excluding hydrogens is 338 g/mol. The predicted octanol–water partition coefficient (Wildman–Crippen LogP) is -2.83. The summed E-state index contributed by atoms with van der Waals surface area (Å²) in [6, 6.07) is -1.88. The van der Waals surface area contributed by atoms with Gasteiger partial charge in [0.1, 0.15) is 18.6 Å². The quantitative estimate of drug-likeness (QED) is 0.144. The molecule has 2 atom stereocenters. The number of hydrogen-bond acceptors (Lipinski definition) is 7. The molecule has 0 spiro atoms. The Morgan fingerprint density at radius 2 is 1.67 bits per heavy atom. The van der Waals surface area contributed by atoms with Crippen LogP contribution in [0.15, 0.2) is 0 Å². The van der Waals surface area contributed by atoms with Crippen LogP contribution in [-0.2, 0) is 19.2 Å². The SMILES string of the molecule is NCCCCC(NC(=O)CN)C(=O)NC(CS)C(=O)NCC(=O)O. The Kier molecular flexibility index (Phi) is 11.6. The topological polar surface area (TPSA) is 177 Å². The first-order valence-corrected chi connectivity index (χ1v) is 8.09. The smallest absolute Gasteiger partial charge is 0.322 e. The molecule has 0 aromatic carbocycles. The first-order valence-electron chi connectivity index (χ1n) is 7.45. The molecule has 0 rings (SSSR count). The number of carbonyl (C=O) groups is 4. The molecule has 138 valence electrons. The minimum Gasteiger partial charge on any atom is -0.480 e. The first kappa shape index (κ1) is 22.1. The molecule has 11 heteroatoms. The van der Waals surface area contributed by atoms with Gasteiger partial charge in [-0.2, -0.15) is 12.6 Å². The molecule has 0 aromatic rings. The van der Waals surface area contributed by atoms with Gasteiger partial charge in [0.05, 0.1) is 6.54 Å². The second-order valence-electron chi connectivity index (χ2n) is 4.96. The lowest BCUT2D eigenvalue weighted by atomic mass is 10.1. The second kappa shape index (κ2) is 12.6. The number of carbonyl (C=O) groups excluding carboxylic acids is 3. The van der Waals surface area contributed by atoms with E-state index in [-0.39, 0.29) is 12.3 Å². The van der Waals surface area contributed by atoms with E-state index in [1.54, 1.807) is 0 Å². The summed E-state index contributed by atoms with van der Waals surface area (Å²) in [6.07, 6.45) is 1.62. The van der Waals surface area contributed by atoms with E-state index >= 15 is 0 Å². The van der Waals surface area contributed by atoms with Crippen molar-refractivity contribution in [3.8, 4) is 0 Å². The maximum atomic E-state index is 12.3. The molecule has 0 saturated heterocycles. The van der Waals surface area contributed by atoms with Gasteiger partial charge in [0.15, 0.2) is 0 Å². The average molecular weight is 363 g/mol. The fourth-order valence-electron chi connectivity index (χ4n) is 1.77. The third-order valence-electron chi connectivity index (χ3n) is 3.01. The van der Waals surface area contributed by atoms with Crippen molar-refractivity contribution in [2.75, 3.05) is 25.4 Å². The standard InChI is InChI=1S/C13H25N5O5S/c14-4-2-1-3-8(17-10(19)5-15)13(23)18-9(7-24)12(22)16-6-11(20)21/h8-9,24H,1-7,14-15H2,(H,16,22)(H,17,19)(H,18,23)(H,20,21). The highest BCUT2D eigenvalue weighted by atomic mass is 32.1. The molecule has 24 heavy (non-hydrogen) atoms. The number of nitrogens with two attached hydrogens (primary N) is 2. The van der Waals surface area contributed by atoms with Crippen molar-refractivity contribution in [2.45, 2.75) is 31.3 Å². The van der Waals surface area contributed by atoms with Gasteiger partial charge in [-0.15, -0.1) is 0 Å². The molecule has 0 radical (unpaired) electrons. The second-order valence-corrected chi connectivity index (χ2v) is 5.33. The summed E-state index contributed by atoms with van der Waals surface area (Å²) in [5, 5.41) is 15.6. The summed E-state index contributed by atoms with van der Waals surface area (Å²) in [5.41, 5.74) is 10.6. The van der Waals surface area contributed by atoms with Crippen molar-refractivity contribution >= 4 is 36.3 Å². The van der Waals surface area contributed by atoms with Crippen LogP contribution < -0.4 is 27.4 Å². The van der Waals surface area contributed by atoms with Gasteiger partial charge in [0.2, 0.25) is 17.7 Å². The number of thiol groups is 1. The fraction of sp³-hybridized carbons (Fsp3) is 0.692. The Hall–Kier alpha value is -1.85. The number of carboxylic acids is 1. The number of amides is 3. The van der Waals surface area contributed by atoms with Gasteiger partial charge in [-0.1, -0.05) is 0 Å². The van der Waals surface area contributed by atoms with E-state index < -0.39 is 42.3 Å². The van der Waals surface area contributed by atoms with Crippen molar-refractivity contribution in [1.29, 1.82) is 0 Å². The molecule has 8 N–H and O–H groups in total. The van der Waals surface area contributed by atoms with E-state index in [1.165, 1.54) is 0 Å². The summed E-state index contributed by atoms with van der Waals surface area (Å²) < 4.78 is 0. The van der Waals surface area contributed by atoms with Crippen LogP contribution in [0.25, 0.3) is 0 Å². The van der Waals surface area contributed by atoms with Gasteiger partial charge in [0.25, 0.3) is 0 Å². The summed E-state index contributed by atoms with van der Waals surface area (Å²) in [5.74, 6) is -2.98. The minimum absolute atomic E-state index is 0.0302. The van der Waals surface area contributed by atoms with Crippen molar-refractivity contribution in [3.05, 3.63) is 0 Å². The summed E-state index contributed by atoms with van der Waals surface area (Å²) in [7, 11) is 0. The zero-order valence-corrected chi connectivity index (χ0v) is 14.2. The number of nitrogens with one attached hydrogen (secondary N) is 3. The zero-order chi connectivity index (χ0) is 18.5. The van der Waals surface area contributed by atoms with E-state index in [0.29, 0.717) is 25.8 Å². The molecule has 0 fully saturated rings. The largest absolute Gasteiger partial charge is 0.480 e. The molecule has 0 aliphatic carbocycles. The lowest BCUT2D eigenvalue weighted by molar-refractivity contribution is -0.138. The number of hydrogen-bond donors (Lipinski definition) is 7. The highest BCUT2D eigenvalue weighted by Crippen LogP contribution is 2.02. The van der Waals surface area contributed by atoms with E-state index in [4.69, 9.17) is 16.6 Å². The lowest BCUT2D eigenvalue weighted by Crippen LogP contribution is -2.55. The van der Waals surface area contributed by atoms with E-state index in [1.807, 2.05) is 0 Å². The Balaban J connectivity index is 4.74. The Morgan fingerprint density at radius 1 is 1.00 bits per heavy atom. The number of aliphatic carboxylic acids is 1. The van der Waals surface area contributed by atoms with Crippen LogP contribution in [0.2, 0.25) is 0 Å². The van der Waals surface area contributed by atoms with E-state index in [0.717, 1.165) is 0 Å². The third-order valence-corrected chi connectivity index (χ3v) is 3.38. The van der Waals surface area contributed by atoms with Crippen LogP contribution >= 0.6 is 12.6 Å². The molecule has 10 nitrogen and oxygen atoms in total. The van der Waals surface area contributed by atoms with E-state index in [2.05, 4.69) is 28.6 Å². The molecule has 0 heterocycles. The maximum Gasteiger partial charge on any atom is 0.322 e. The minimum atomic E-state index is -1.21. The Morgan fingerprint density at radius 3 is 2.17 bits per heavy atom. The van der Waals surface area contributed by atoms with Gasteiger partial charge < -0.3 is 32.5 Å². The van der Waals surface area contributed by atoms with Crippen LogP contribution in [0.3, 0.4) is 0 Å². The third kappa shape index (κ3) is 9.33. The molecule has 0 aliphatic rings. The maximum absolute atomic E-state index is 12.3. The van der Waals surface area contributed by atoms with Gasteiger partial charge >= 0.3 is 5.97 Å². The highest BCUT2D eigenvalue weighted by Gasteiger charge is 2.25. The summed E-state index contributed by atoms with van der Waals surface area (Å²) in [6.45, 7) is -0.380. The van der Waals surface area contributed by atoms with Crippen molar-refractivity contribution in [3.63, 3.8) is 0 Å². The zero-order valence-electron chi connectivity index (χ0n) is 13.3. The van der Waals surface area contributed by atoms with Crippen LogP contribution in [0.1, 0.15) is 19.3 Å². The van der Waals surface area contributed by atoms with Gasteiger partial charge in [-0.05, 0) is 25.8 Å². The van der Waals surface area contributed by atoms with Crippen LogP contribution in [0, 0.1) is 0 Å². The van der Waals surface area contributed by atoms with Crippen LogP contribution in [0.5, 0.6) is 0 Å². The van der Waals surface area contributed by atoms with Gasteiger partial charge in [-0.3, -0.25) is 19.2 Å². The Labute approximate surface area is 145 Å². The van der Waals surface area contributed by atoms with Crippen LogP contribution in [0.4, 0.5) is 0 Å². The number of carboxylic acid groups (broad SMARTS) is 1. The molecular formula is C13H25N5O5S. The number of rotatable bonds is 12. The lowest BCUT2D eigenvalue weighted by Gasteiger charge is -2.22. The summed E-state index contributed by atoms with van der Waals surface area (Å²) >= 11 is 3.97.